The zero-order valence-corrected chi connectivity index (χ0v) is 12.9. The highest BCUT2D eigenvalue weighted by Gasteiger charge is 2.07. The zero-order valence-electron chi connectivity index (χ0n) is 12.1. The summed E-state index contributed by atoms with van der Waals surface area (Å²) in [6, 6.07) is 17.2. The van der Waals surface area contributed by atoms with Gasteiger partial charge in [0.25, 0.3) is 5.56 Å². The van der Waals surface area contributed by atoms with Crippen LogP contribution in [0, 0.1) is 11.8 Å². The zero-order chi connectivity index (χ0) is 15.4. The summed E-state index contributed by atoms with van der Waals surface area (Å²) in [6.45, 7) is 0. The molecule has 1 heterocycles. The van der Waals surface area contributed by atoms with Gasteiger partial charge in [-0.15, -0.1) is 0 Å². The largest absolute Gasteiger partial charge is 0.290 e. The first kappa shape index (κ1) is 14.4. The first-order valence-corrected chi connectivity index (χ1v) is 7.87. The number of hydrogen-bond donors (Lipinski definition) is 0. The summed E-state index contributed by atoms with van der Waals surface area (Å²) in [5.74, 6) is 6.79. The number of benzene rings is 2. The summed E-state index contributed by atoms with van der Waals surface area (Å²) >= 11 is 1.47. The van der Waals surface area contributed by atoms with E-state index >= 15 is 0 Å². The van der Waals surface area contributed by atoms with Crippen LogP contribution in [0.3, 0.4) is 0 Å². The van der Waals surface area contributed by atoms with Gasteiger partial charge in [0.2, 0.25) is 0 Å². The molecule has 2 aromatic carbocycles. The SMILES string of the molecule is Cn1c(SCC#Cc2ccccc2)nc2ccccc2c1=O. The monoisotopic (exact) mass is 306 g/mol. The second-order valence-corrected chi connectivity index (χ2v) is 5.67. The van der Waals surface area contributed by atoms with Crippen LogP contribution in [0.2, 0.25) is 0 Å². The number of nitrogens with zero attached hydrogens (tertiary/aromatic N) is 2. The van der Waals surface area contributed by atoms with Gasteiger partial charge >= 0.3 is 0 Å². The van der Waals surface area contributed by atoms with E-state index in [1.165, 1.54) is 11.8 Å². The molecule has 0 bridgehead atoms. The molecule has 0 N–H and O–H groups in total. The van der Waals surface area contributed by atoms with E-state index in [4.69, 9.17) is 0 Å². The van der Waals surface area contributed by atoms with E-state index in [-0.39, 0.29) is 5.56 Å². The van der Waals surface area contributed by atoms with E-state index in [9.17, 15) is 4.79 Å². The van der Waals surface area contributed by atoms with Gasteiger partial charge in [0.15, 0.2) is 5.16 Å². The predicted octanol–water partition coefficient (Wildman–Crippen LogP) is 3.08. The average molecular weight is 306 g/mol. The smallest absolute Gasteiger partial charge is 0.261 e. The van der Waals surface area contributed by atoms with Crippen molar-refractivity contribution >= 4 is 22.7 Å². The van der Waals surface area contributed by atoms with Gasteiger partial charge in [-0.05, 0) is 24.3 Å². The minimum absolute atomic E-state index is 0.0240. The minimum atomic E-state index is -0.0240. The highest BCUT2D eigenvalue weighted by Crippen LogP contribution is 2.16. The normalized spacial score (nSPS) is 10.2. The van der Waals surface area contributed by atoms with E-state index in [0.29, 0.717) is 16.3 Å². The lowest BCUT2D eigenvalue weighted by Crippen LogP contribution is -2.19. The molecule has 0 fully saturated rings. The lowest BCUT2D eigenvalue weighted by atomic mass is 10.2. The van der Waals surface area contributed by atoms with Gasteiger partial charge in [-0.3, -0.25) is 9.36 Å². The van der Waals surface area contributed by atoms with Crippen LogP contribution >= 0.6 is 11.8 Å². The fourth-order valence-electron chi connectivity index (χ4n) is 2.09. The first-order valence-electron chi connectivity index (χ1n) is 6.88. The van der Waals surface area contributed by atoms with Crippen LogP contribution in [0.15, 0.2) is 64.5 Å². The predicted molar refractivity (Wildman–Crippen MR) is 91.0 cm³/mol. The highest BCUT2D eigenvalue weighted by molar-refractivity contribution is 7.99. The summed E-state index contributed by atoms with van der Waals surface area (Å²) in [4.78, 5) is 16.8. The Kier molecular flexibility index (Phi) is 4.27. The Hall–Kier alpha value is -2.51. The molecule has 0 saturated heterocycles. The van der Waals surface area contributed by atoms with Crippen LogP contribution in [-0.4, -0.2) is 15.3 Å². The van der Waals surface area contributed by atoms with E-state index in [1.54, 1.807) is 17.7 Å². The molecule has 0 aliphatic rings. The summed E-state index contributed by atoms with van der Waals surface area (Å²) in [6.07, 6.45) is 0. The van der Waals surface area contributed by atoms with Crippen molar-refractivity contribution in [3.8, 4) is 11.8 Å². The molecule has 3 nitrogen and oxygen atoms in total. The lowest BCUT2D eigenvalue weighted by Gasteiger charge is -2.06. The van der Waals surface area contributed by atoms with Crippen LogP contribution in [0.1, 0.15) is 5.56 Å². The van der Waals surface area contributed by atoms with E-state index in [2.05, 4.69) is 16.8 Å². The lowest BCUT2D eigenvalue weighted by molar-refractivity contribution is 0.727. The van der Waals surface area contributed by atoms with Crippen molar-refractivity contribution < 1.29 is 0 Å². The fourth-order valence-corrected chi connectivity index (χ4v) is 2.80. The van der Waals surface area contributed by atoms with Crippen LogP contribution in [0.5, 0.6) is 0 Å². The van der Waals surface area contributed by atoms with Crippen molar-refractivity contribution in [1.82, 2.24) is 9.55 Å². The van der Waals surface area contributed by atoms with Crippen molar-refractivity contribution in [1.29, 1.82) is 0 Å². The van der Waals surface area contributed by atoms with Crippen molar-refractivity contribution in [2.45, 2.75) is 5.16 Å². The molecule has 3 rings (SSSR count). The van der Waals surface area contributed by atoms with Gasteiger partial charge in [-0.1, -0.05) is 53.9 Å². The first-order chi connectivity index (χ1) is 10.8. The second kappa shape index (κ2) is 6.50. The van der Waals surface area contributed by atoms with Gasteiger partial charge in [-0.2, -0.15) is 0 Å². The average Bonchev–Trinajstić information content (AvgIpc) is 2.57. The van der Waals surface area contributed by atoms with Crippen molar-refractivity contribution in [2.75, 3.05) is 5.75 Å². The molecule has 4 heteroatoms. The maximum atomic E-state index is 12.3. The molecule has 0 aliphatic carbocycles. The molecular formula is C18H14N2OS. The van der Waals surface area contributed by atoms with Gasteiger partial charge in [0.1, 0.15) is 0 Å². The number of para-hydroxylation sites is 1. The fraction of sp³-hybridized carbons (Fsp3) is 0.111. The Morgan fingerprint density at radius 1 is 1.09 bits per heavy atom. The van der Waals surface area contributed by atoms with Gasteiger partial charge in [0, 0.05) is 12.6 Å². The standard InChI is InChI=1S/C18H14N2OS/c1-20-17(21)15-11-5-6-12-16(15)19-18(20)22-13-7-10-14-8-3-2-4-9-14/h2-6,8-9,11-12H,13H2,1H3. The Morgan fingerprint density at radius 3 is 2.64 bits per heavy atom. The van der Waals surface area contributed by atoms with Crippen molar-refractivity contribution in [3.05, 3.63) is 70.5 Å². The molecule has 0 atom stereocenters. The third kappa shape index (κ3) is 3.05. The van der Waals surface area contributed by atoms with Gasteiger partial charge in [0.05, 0.1) is 16.7 Å². The molecular weight excluding hydrogens is 292 g/mol. The third-order valence-electron chi connectivity index (χ3n) is 3.22. The molecule has 0 aliphatic heterocycles. The summed E-state index contributed by atoms with van der Waals surface area (Å²) in [5.41, 5.74) is 1.69. The topological polar surface area (TPSA) is 34.9 Å². The van der Waals surface area contributed by atoms with Crippen LogP contribution in [-0.2, 0) is 7.05 Å². The van der Waals surface area contributed by atoms with E-state index < -0.39 is 0 Å². The summed E-state index contributed by atoms with van der Waals surface area (Å²) in [7, 11) is 1.74. The van der Waals surface area contributed by atoms with Gasteiger partial charge < -0.3 is 0 Å². The number of fused-ring (bicyclic) bond motifs is 1. The second-order valence-electron chi connectivity index (χ2n) is 4.73. The maximum Gasteiger partial charge on any atom is 0.261 e. The number of hydrogen-bond acceptors (Lipinski definition) is 3. The molecule has 0 spiro atoms. The van der Waals surface area contributed by atoms with Crippen LogP contribution in [0.25, 0.3) is 10.9 Å². The minimum Gasteiger partial charge on any atom is -0.290 e. The van der Waals surface area contributed by atoms with Crippen LogP contribution in [0.4, 0.5) is 0 Å². The number of aromatic nitrogens is 2. The quantitative estimate of drug-likeness (QED) is 0.414. The molecule has 108 valence electrons. The molecule has 1 aromatic heterocycles. The maximum absolute atomic E-state index is 12.3. The summed E-state index contributed by atoms with van der Waals surface area (Å²) < 4.78 is 1.58. The van der Waals surface area contributed by atoms with Gasteiger partial charge in [-0.25, -0.2) is 4.98 Å². The van der Waals surface area contributed by atoms with E-state index in [0.717, 1.165) is 11.1 Å². The summed E-state index contributed by atoms with van der Waals surface area (Å²) in [5, 5.41) is 1.33. The number of rotatable bonds is 2. The molecule has 0 saturated carbocycles. The Labute approximate surface area is 133 Å². The molecule has 0 radical (unpaired) electrons. The molecule has 0 unspecified atom stereocenters. The highest BCUT2D eigenvalue weighted by atomic mass is 32.2. The van der Waals surface area contributed by atoms with Crippen molar-refractivity contribution in [2.24, 2.45) is 7.05 Å². The Bertz CT molecular complexity index is 920. The molecule has 22 heavy (non-hydrogen) atoms. The molecule has 0 amide bonds. The number of thioether (sulfide) groups is 1. The van der Waals surface area contributed by atoms with Crippen molar-refractivity contribution in [3.63, 3.8) is 0 Å². The van der Waals surface area contributed by atoms with E-state index in [1.807, 2.05) is 48.5 Å². The molecule has 3 aromatic rings. The Morgan fingerprint density at radius 2 is 1.82 bits per heavy atom. The Balaban J connectivity index is 1.82. The van der Waals surface area contributed by atoms with Crippen LogP contribution < -0.4 is 5.56 Å². The third-order valence-corrected chi connectivity index (χ3v) is 4.13.